The molecule has 1 N–H and O–H groups in total. The number of hydrogen-bond donors (Lipinski definition) is 1. The second kappa shape index (κ2) is 9.47. The average Bonchev–Trinajstić information content (AvgIpc) is 2.85. The molecule has 0 aliphatic carbocycles. The van der Waals surface area contributed by atoms with Crippen LogP contribution in [0.2, 0.25) is 0 Å². The summed E-state index contributed by atoms with van der Waals surface area (Å²) in [7, 11) is 4.87. The number of likely N-dealkylation sites (N-methyl/N-ethyl adjacent to an activating group) is 1. The van der Waals surface area contributed by atoms with Crippen molar-refractivity contribution in [2.45, 2.75) is 6.54 Å². The molecular formula is C24H24N6O3. The van der Waals surface area contributed by atoms with Crippen LogP contribution >= 0.6 is 0 Å². The summed E-state index contributed by atoms with van der Waals surface area (Å²) in [5.74, 6) is 0.450. The topological polar surface area (TPSA) is 102 Å². The maximum atomic E-state index is 13.3. The van der Waals surface area contributed by atoms with E-state index in [0.29, 0.717) is 29.3 Å². The van der Waals surface area contributed by atoms with Crippen LogP contribution in [0.15, 0.2) is 65.6 Å². The lowest BCUT2D eigenvalue weighted by molar-refractivity contribution is -0.126. The Hall–Kier alpha value is -4.27. The van der Waals surface area contributed by atoms with Gasteiger partial charge in [0.25, 0.3) is 5.56 Å². The lowest BCUT2D eigenvalue weighted by atomic mass is 10.2. The van der Waals surface area contributed by atoms with Gasteiger partial charge in [0.15, 0.2) is 11.5 Å². The van der Waals surface area contributed by atoms with E-state index in [9.17, 15) is 9.59 Å². The molecule has 0 aliphatic heterocycles. The highest BCUT2D eigenvalue weighted by Gasteiger charge is 2.15. The summed E-state index contributed by atoms with van der Waals surface area (Å²) < 4.78 is 6.69. The Bertz CT molecular complexity index is 1330. The minimum Gasteiger partial charge on any atom is -0.481 e. The Morgan fingerprint density at radius 1 is 1.06 bits per heavy atom. The number of ether oxygens (including phenoxy) is 1. The quantitative estimate of drug-likeness (QED) is 0.467. The number of amides is 1. The van der Waals surface area contributed by atoms with Crippen molar-refractivity contribution in [1.82, 2.24) is 24.4 Å². The van der Waals surface area contributed by atoms with Gasteiger partial charge in [-0.3, -0.25) is 14.2 Å². The SMILES string of the molecule is COc1ccc(-c2ccc3nc(NCC(=O)N(C)C)c(=O)n(Cc4ccccc4)c3n2)cn1. The third kappa shape index (κ3) is 4.82. The van der Waals surface area contributed by atoms with Crippen LogP contribution in [0.3, 0.4) is 0 Å². The molecule has 0 saturated heterocycles. The van der Waals surface area contributed by atoms with Crippen molar-refractivity contribution in [2.75, 3.05) is 33.1 Å². The summed E-state index contributed by atoms with van der Waals surface area (Å²) in [5.41, 5.74) is 3.02. The molecule has 4 rings (SSSR count). The van der Waals surface area contributed by atoms with Gasteiger partial charge in [0.2, 0.25) is 11.8 Å². The molecule has 1 amide bonds. The predicted molar refractivity (Wildman–Crippen MR) is 126 cm³/mol. The summed E-state index contributed by atoms with van der Waals surface area (Å²) in [5, 5.41) is 2.88. The summed E-state index contributed by atoms with van der Waals surface area (Å²) >= 11 is 0. The molecule has 0 fully saturated rings. The first kappa shape index (κ1) is 21.9. The molecular weight excluding hydrogens is 420 g/mol. The van der Waals surface area contributed by atoms with Gasteiger partial charge >= 0.3 is 0 Å². The molecule has 0 atom stereocenters. The Kier molecular flexibility index (Phi) is 6.30. The number of aromatic nitrogens is 4. The van der Waals surface area contributed by atoms with E-state index in [4.69, 9.17) is 9.72 Å². The van der Waals surface area contributed by atoms with Crippen LogP contribution in [0.5, 0.6) is 5.88 Å². The maximum absolute atomic E-state index is 13.3. The summed E-state index contributed by atoms with van der Waals surface area (Å²) in [6.45, 7) is 0.279. The first-order valence-corrected chi connectivity index (χ1v) is 10.4. The number of carbonyl (C=O) groups excluding carboxylic acids is 1. The fourth-order valence-corrected chi connectivity index (χ4v) is 3.28. The van der Waals surface area contributed by atoms with Crippen LogP contribution in [0.25, 0.3) is 22.4 Å². The molecule has 0 spiro atoms. The number of nitrogens with one attached hydrogen (secondary N) is 1. The number of benzene rings is 1. The van der Waals surface area contributed by atoms with Gasteiger partial charge in [0.1, 0.15) is 5.52 Å². The molecule has 0 unspecified atom stereocenters. The van der Waals surface area contributed by atoms with Gasteiger partial charge in [-0.25, -0.2) is 15.0 Å². The highest BCUT2D eigenvalue weighted by atomic mass is 16.5. The number of rotatable bonds is 7. The summed E-state index contributed by atoms with van der Waals surface area (Å²) in [4.78, 5) is 40.2. The van der Waals surface area contributed by atoms with E-state index in [0.717, 1.165) is 11.1 Å². The van der Waals surface area contributed by atoms with Gasteiger partial charge in [0, 0.05) is 31.9 Å². The standard InChI is InChI=1S/C24H24N6O3/c1-29(2)21(31)14-26-22-24(32)30(15-16-7-5-4-6-8-16)23-19(27-22)11-10-18(28-23)17-9-12-20(33-3)25-13-17/h4-13H,14-15H2,1-3H3,(H,26,27). The number of hydrogen-bond acceptors (Lipinski definition) is 7. The van der Waals surface area contributed by atoms with E-state index < -0.39 is 0 Å². The zero-order valence-electron chi connectivity index (χ0n) is 18.6. The molecule has 0 radical (unpaired) electrons. The van der Waals surface area contributed by atoms with Gasteiger partial charge in [-0.15, -0.1) is 0 Å². The van der Waals surface area contributed by atoms with Crippen molar-refractivity contribution in [2.24, 2.45) is 0 Å². The minimum absolute atomic E-state index is 0.0326. The van der Waals surface area contributed by atoms with Crippen molar-refractivity contribution in [3.05, 3.63) is 76.7 Å². The molecule has 168 valence electrons. The van der Waals surface area contributed by atoms with E-state index in [1.54, 1.807) is 38.0 Å². The largest absolute Gasteiger partial charge is 0.481 e. The van der Waals surface area contributed by atoms with Crippen LogP contribution in [-0.4, -0.2) is 58.1 Å². The fraction of sp³-hybridized carbons (Fsp3) is 0.208. The maximum Gasteiger partial charge on any atom is 0.295 e. The van der Waals surface area contributed by atoms with Crippen LogP contribution in [0, 0.1) is 0 Å². The van der Waals surface area contributed by atoms with Gasteiger partial charge in [0.05, 0.1) is 25.9 Å². The molecule has 4 aromatic rings. The van der Waals surface area contributed by atoms with Gasteiger partial charge < -0.3 is 15.0 Å². The number of fused-ring (bicyclic) bond motifs is 1. The molecule has 0 aliphatic rings. The monoisotopic (exact) mass is 444 g/mol. The second-order valence-corrected chi connectivity index (χ2v) is 7.61. The molecule has 1 aromatic carbocycles. The third-order valence-corrected chi connectivity index (χ3v) is 5.12. The first-order valence-electron chi connectivity index (χ1n) is 10.4. The van der Waals surface area contributed by atoms with E-state index in [-0.39, 0.29) is 23.8 Å². The first-order chi connectivity index (χ1) is 16.0. The number of nitrogens with zero attached hydrogens (tertiary/aromatic N) is 5. The third-order valence-electron chi connectivity index (χ3n) is 5.12. The Balaban J connectivity index is 1.81. The average molecular weight is 444 g/mol. The van der Waals surface area contributed by atoms with Crippen molar-refractivity contribution in [1.29, 1.82) is 0 Å². The van der Waals surface area contributed by atoms with Crippen LogP contribution in [0.1, 0.15) is 5.56 Å². The zero-order chi connectivity index (χ0) is 23.4. The van der Waals surface area contributed by atoms with E-state index in [1.165, 1.54) is 4.90 Å². The molecule has 3 heterocycles. The lowest BCUT2D eigenvalue weighted by Gasteiger charge is -2.15. The second-order valence-electron chi connectivity index (χ2n) is 7.61. The van der Waals surface area contributed by atoms with Crippen molar-refractivity contribution in [3.63, 3.8) is 0 Å². The molecule has 3 aromatic heterocycles. The van der Waals surface area contributed by atoms with Crippen molar-refractivity contribution < 1.29 is 9.53 Å². The van der Waals surface area contributed by atoms with Crippen molar-refractivity contribution >= 4 is 22.9 Å². The Morgan fingerprint density at radius 3 is 2.52 bits per heavy atom. The van der Waals surface area contributed by atoms with Gasteiger partial charge in [-0.2, -0.15) is 0 Å². The highest BCUT2D eigenvalue weighted by Crippen LogP contribution is 2.21. The van der Waals surface area contributed by atoms with Gasteiger partial charge in [-0.1, -0.05) is 30.3 Å². The minimum atomic E-state index is -0.351. The highest BCUT2D eigenvalue weighted by molar-refractivity contribution is 5.81. The molecule has 0 bridgehead atoms. The van der Waals surface area contributed by atoms with E-state index >= 15 is 0 Å². The lowest BCUT2D eigenvalue weighted by Crippen LogP contribution is -2.32. The van der Waals surface area contributed by atoms with Crippen LogP contribution in [0.4, 0.5) is 5.82 Å². The molecule has 33 heavy (non-hydrogen) atoms. The van der Waals surface area contributed by atoms with Gasteiger partial charge in [-0.05, 0) is 23.8 Å². The summed E-state index contributed by atoms with van der Waals surface area (Å²) in [6.07, 6.45) is 1.67. The van der Waals surface area contributed by atoms with Crippen LogP contribution in [-0.2, 0) is 11.3 Å². The van der Waals surface area contributed by atoms with Crippen molar-refractivity contribution in [3.8, 4) is 17.1 Å². The zero-order valence-corrected chi connectivity index (χ0v) is 18.6. The molecule has 9 nitrogen and oxygen atoms in total. The predicted octanol–water partition coefficient (Wildman–Crippen LogP) is 2.41. The van der Waals surface area contributed by atoms with E-state index in [1.807, 2.05) is 48.5 Å². The fourth-order valence-electron chi connectivity index (χ4n) is 3.28. The normalized spacial score (nSPS) is 10.8. The number of carbonyl (C=O) groups is 1. The molecule has 0 saturated carbocycles. The Morgan fingerprint density at radius 2 is 1.85 bits per heavy atom. The molecule has 9 heteroatoms. The van der Waals surface area contributed by atoms with E-state index in [2.05, 4.69) is 15.3 Å². The summed E-state index contributed by atoms with van der Waals surface area (Å²) in [6, 6.07) is 16.9. The smallest absolute Gasteiger partial charge is 0.295 e. The number of methoxy groups -OCH3 is 1. The number of pyridine rings is 2. The number of anilines is 1. The Labute approximate surface area is 190 Å². The van der Waals surface area contributed by atoms with Crippen LogP contribution < -0.4 is 15.6 Å².